The van der Waals surface area contributed by atoms with E-state index in [0.717, 1.165) is 18.7 Å². The maximum Gasteiger partial charge on any atom is 0.133 e. The third kappa shape index (κ3) is 5.10. The summed E-state index contributed by atoms with van der Waals surface area (Å²) in [6.45, 7) is 4.31. The molecular weight excluding hydrogens is 248 g/mol. The molecular formula is C12H22N4OS. The third-order valence-corrected chi connectivity index (χ3v) is 3.28. The number of anilines is 2. The number of nitrogen functional groups attached to an aromatic ring is 1. The molecule has 0 saturated heterocycles. The van der Waals surface area contributed by atoms with Gasteiger partial charge in [0.25, 0.3) is 0 Å². The zero-order chi connectivity index (χ0) is 13.6. The van der Waals surface area contributed by atoms with E-state index in [1.807, 2.05) is 6.26 Å². The normalized spacial score (nSPS) is 14.2. The van der Waals surface area contributed by atoms with Crippen molar-refractivity contribution in [2.45, 2.75) is 32.3 Å². The Morgan fingerprint density at radius 2 is 2.22 bits per heavy atom. The Kier molecular flexibility index (Phi) is 5.68. The first-order chi connectivity index (χ1) is 8.46. The van der Waals surface area contributed by atoms with E-state index in [2.05, 4.69) is 22.2 Å². The number of nitrogens with two attached hydrogens (primary N) is 1. The first-order valence-corrected chi connectivity index (χ1v) is 7.45. The molecule has 1 aromatic rings. The molecule has 0 aliphatic rings. The molecule has 0 fully saturated rings. The first-order valence-electron chi connectivity index (χ1n) is 6.05. The average molecular weight is 270 g/mol. The summed E-state index contributed by atoms with van der Waals surface area (Å²) in [5, 5.41) is 13.2. The highest BCUT2D eigenvalue weighted by molar-refractivity contribution is 7.98. The van der Waals surface area contributed by atoms with Gasteiger partial charge < -0.3 is 16.2 Å². The molecule has 0 amide bonds. The lowest BCUT2D eigenvalue weighted by Gasteiger charge is -2.22. The number of thioether (sulfide) groups is 1. The molecule has 0 aliphatic heterocycles. The molecule has 102 valence electrons. The number of nitrogens with zero attached hydrogens (tertiary/aromatic N) is 2. The summed E-state index contributed by atoms with van der Waals surface area (Å²) in [5.74, 6) is 2.54. The smallest absolute Gasteiger partial charge is 0.133 e. The van der Waals surface area contributed by atoms with Crippen molar-refractivity contribution >= 4 is 23.4 Å². The van der Waals surface area contributed by atoms with E-state index in [1.54, 1.807) is 24.8 Å². The highest BCUT2D eigenvalue weighted by atomic mass is 32.2. The quantitative estimate of drug-likeness (QED) is 0.697. The molecule has 5 nitrogen and oxygen atoms in total. The van der Waals surface area contributed by atoms with Crippen molar-refractivity contribution in [2.75, 3.05) is 29.6 Å². The molecule has 1 aromatic heterocycles. The summed E-state index contributed by atoms with van der Waals surface area (Å²) in [4.78, 5) is 8.53. The van der Waals surface area contributed by atoms with Gasteiger partial charge in [0, 0.05) is 24.8 Å². The van der Waals surface area contributed by atoms with Gasteiger partial charge in [-0.2, -0.15) is 11.8 Å². The van der Waals surface area contributed by atoms with Crippen molar-refractivity contribution in [3.8, 4) is 0 Å². The molecule has 1 rings (SSSR count). The summed E-state index contributed by atoms with van der Waals surface area (Å²) >= 11 is 1.61. The minimum Gasteiger partial charge on any atom is -0.387 e. The molecule has 4 N–H and O–H groups in total. The average Bonchev–Trinajstić information content (AvgIpc) is 2.26. The molecule has 0 saturated carbocycles. The van der Waals surface area contributed by atoms with Gasteiger partial charge in [0.1, 0.15) is 17.5 Å². The second-order valence-electron chi connectivity index (χ2n) is 4.63. The lowest BCUT2D eigenvalue weighted by atomic mass is 10.1. The van der Waals surface area contributed by atoms with Gasteiger partial charge in [0.15, 0.2) is 0 Å². The second kappa shape index (κ2) is 6.80. The van der Waals surface area contributed by atoms with Crippen molar-refractivity contribution in [1.29, 1.82) is 0 Å². The number of nitrogens with one attached hydrogen (secondary N) is 1. The Labute approximate surface area is 113 Å². The van der Waals surface area contributed by atoms with E-state index in [-0.39, 0.29) is 0 Å². The lowest BCUT2D eigenvalue weighted by molar-refractivity contribution is 0.0996. The van der Waals surface area contributed by atoms with E-state index < -0.39 is 5.60 Å². The Morgan fingerprint density at radius 1 is 1.50 bits per heavy atom. The maximum atomic E-state index is 10.1. The number of aliphatic hydroxyl groups is 1. The van der Waals surface area contributed by atoms with Crippen LogP contribution in [0.5, 0.6) is 0 Å². The van der Waals surface area contributed by atoms with Gasteiger partial charge in [-0.25, -0.2) is 9.97 Å². The summed E-state index contributed by atoms with van der Waals surface area (Å²) in [6.07, 6.45) is 3.75. The van der Waals surface area contributed by atoms with Crippen LogP contribution in [0.3, 0.4) is 0 Å². The number of hydrogen-bond donors (Lipinski definition) is 3. The Bertz CT molecular complexity index is 384. The van der Waals surface area contributed by atoms with Gasteiger partial charge in [-0.05, 0) is 19.6 Å². The number of rotatable bonds is 7. The Morgan fingerprint density at radius 3 is 2.83 bits per heavy atom. The molecule has 6 heteroatoms. The topological polar surface area (TPSA) is 84.1 Å². The highest BCUT2D eigenvalue weighted by Crippen LogP contribution is 2.14. The van der Waals surface area contributed by atoms with Gasteiger partial charge in [0.05, 0.1) is 5.60 Å². The molecule has 1 heterocycles. The Balaban J connectivity index is 2.66. The molecule has 18 heavy (non-hydrogen) atoms. The van der Waals surface area contributed by atoms with Crippen molar-refractivity contribution < 1.29 is 5.11 Å². The van der Waals surface area contributed by atoms with Gasteiger partial charge in [-0.1, -0.05) is 6.92 Å². The predicted octanol–water partition coefficient (Wildman–Crippen LogP) is 1.54. The van der Waals surface area contributed by atoms with Crippen LogP contribution in [0.2, 0.25) is 0 Å². The van der Waals surface area contributed by atoms with Gasteiger partial charge in [-0.3, -0.25) is 0 Å². The van der Waals surface area contributed by atoms with E-state index in [0.29, 0.717) is 23.9 Å². The van der Waals surface area contributed by atoms with Crippen LogP contribution in [-0.2, 0) is 6.42 Å². The minimum atomic E-state index is -0.760. The standard InChI is InChI=1S/C12H22N4OS/c1-4-5-10-15-9(13)6-11(16-10)14-7-12(2,17)8-18-3/h6,17H,4-5,7-8H2,1-3H3,(H3,13,14,15,16). The Hall–Kier alpha value is -1.01. The molecule has 0 bridgehead atoms. The van der Waals surface area contributed by atoms with Crippen molar-refractivity contribution in [2.24, 2.45) is 0 Å². The molecule has 0 spiro atoms. The number of hydrogen-bond acceptors (Lipinski definition) is 6. The minimum absolute atomic E-state index is 0.440. The SMILES string of the molecule is CCCc1nc(N)cc(NCC(C)(O)CSC)n1. The number of aryl methyl sites for hydroxylation is 1. The van der Waals surface area contributed by atoms with E-state index >= 15 is 0 Å². The fourth-order valence-corrected chi connectivity index (χ4v) is 2.31. The zero-order valence-electron chi connectivity index (χ0n) is 11.2. The van der Waals surface area contributed by atoms with Crippen LogP contribution in [0.25, 0.3) is 0 Å². The van der Waals surface area contributed by atoms with Crippen molar-refractivity contribution in [3.05, 3.63) is 11.9 Å². The van der Waals surface area contributed by atoms with Crippen LogP contribution in [-0.4, -0.2) is 39.2 Å². The summed E-state index contributed by atoms with van der Waals surface area (Å²) < 4.78 is 0. The van der Waals surface area contributed by atoms with Gasteiger partial charge in [0.2, 0.25) is 0 Å². The van der Waals surface area contributed by atoms with Crippen molar-refractivity contribution in [1.82, 2.24) is 9.97 Å². The van der Waals surface area contributed by atoms with Crippen LogP contribution in [0, 0.1) is 0 Å². The van der Waals surface area contributed by atoms with E-state index in [4.69, 9.17) is 5.73 Å². The third-order valence-electron chi connectivity index (χ3n) is 2.37. The van der Waals surface area contributed by atoms with E-state index in [1.165, 1.54) is 0 Å². The monoisotopic (exact) mass is 270 g/mol. The van der Waals surface area contributed by atoms with Crippen LogP contribution < -0.4 is 11.1 Å². The summed E-state index contributed by atoms with van der Waals surface area (Å²) in [6, 6.07) is 1.69. The zero-order valence-corrected chi connectivity index (χ0v) is 12.0. The molecule has 0 aromatic carbocycles. The predicted molar refractivity (Wildman–Crippen MR) is 77.9 cm³/mol. The molecule has 0 radical (unpaired) electrons. The first kappa shape index (κ1) is 15.0. The lowest BCUT2D eigenvalue weighted by Crippen LogP contribution is -2.36. The fraction of sp³-hybridized carbons (Fsp3) is 0.667. The summed E-state index contributed by atoms with van der Waals surface area (Å²) in [7, 11) is 0. The summed E-state index contributed by atoms with van der Waals surface area (Å²) in [5.41, 5.74) is 4.97. The number of aromatic nitrogens is 2. The van der Waals surface area contributed by atoms with Crippen LogP contribution >= 0.6 is 11.8 Å². The molecule has 1 atom stereocenters. The maximum absolute atomic E-state index is 10.1. The van der Waals surface area contributed by atoms with Crippen LogP contribution in [0.4, 0.5) is 11.6 Å². The van der Waals surface area contributed by atoms with Crippen LogP contribution in [0.1, 0.15) is 26.1 Å². The largest absolute Gasteiger partial charge is 0.387 e. The van der Waals surface area contributed by atoms with Gasteiger partial charge in [-0.15, -0.1) is 0 Å². The fourth-order valence-electron chi connectivity index (χ4n) is 1.59. The molecule has 1 unspecified atom stereocenters. The van der Waals surface area contributed by atoms with E-state index in [9.17, 15) is 5.11 Å². The van der Waals surface area contributed by atoms with Crippen LogP contribution in [0.15, 0.2) is 6.07 Å². The highest BCUT2D eigenvalue weighted by Gasteiger charge is 2.19. The van der Waals surface area contributed by atoms with Crippen molar-refractivity contribution in [3.63, 3.8) is 0 Å². The second-order valence-corrected chi connectivity index (χ2v) is 5.49. The molecule has 0 aliphatic carbocycles. The van der Waals surface area contributed by atoms with Gasteiger partial charge >= 0.3 is 0 Å².